The molecular formula is C10H12N2O6S. The van der Waals surface area contributed by atoms with E-state index in [9.17, 15) is 18.0 Å². The average molecular weight is 288 g/mol. The lowest BCUT2D eigenvalue weighted by Gasteiger charge is -2.09. The largest absolute Gasteiger partial charge is 0.410 e. The Morgan fingerprint density at radius 1 is 1.11 bits per heavy atom. The first-order valence-corrected chi connectivity index (χ1v) is 6.73. The van der Waals surface area contributed by atoms with Crippen molar-refractivity contribution in [2.45, 2.75) is 11.8 Å². The van der Waals surface area contributed by atoms with Gasteiger partial charge in [-0.15, -0.1) is 0 Å². The Bertz CT molecular complexity index is 610. The number of ether oxygens (including phenoxy) is 2. The molecular weight excluding hydrogens is 276 g/mol. The maximum Gasteiger partial charge on any atom is 0.410 e. The smallest absolute Gasteiger partial charge is 0.406 e. The molecule has 9 heteroatoms. The number of sulfone groups is 1. The standard InChI is InChI=1S/C10H12N2O6S/c1-2-19(15,16)6-3-4-7(17-9(11)13)8(5-6)18-10(12)14/h3-5H,2H2,1H3,(H2,11,13)(H2,12,14). The van der Waals surface area contributed by atoms with Crippen LogP contribution in [0.1, 0.15) is 6.92 Å². The van der Waals surface area contributed by atoms with Gasteiger partial charge in [0, 0.05) is 6.07 Å². The first-order chi connectivity index (χ1) is 8.76. The topological polar surface area (TPSA) is 139 Å². The van der Waals surface area contributed by atoms with Crippen molar-refractivity contribution in [3.8, 4) is 11.5 Å². The second-order valence-corrected chi connectivity index (χ2v) is 5.63. The van der Waals surface area contributed by atoms with E-state index in [4.69, 9.17) is 11.5 Å². The number of carbonyl (C=O) groups excluding carboxylic acids is 2. The molecule has 0 spiro atoms. The molecule has 0 radical (unpaired) electrons. The summed E-state index contributed by atoms with van der Waals surface area (Å²) >= 11 is 0. The van der Waals surface area contributed by atoms with E-state index in [0.29, 0.717) is 0 Å². The van der Waals surface area contributed by atoms with Crippen molar-refractivity contribution < 1.29 is 27.5 Å². The van der Waals surface area contributed by atoms with Crippen molar-refractivity contribution in [1.29, 1.82) is 0 Å². The van der Waals surface area contributed by atoms with E-state index in [1.165, 1.54) is 13.0 Å². The summed E-state index contributed by atoms with van der Waals surface area (Å²) in [6.45, 7) is 1.46. The van der Waals surface area contributed by atoms with Crippen LogP contribution in [-0.4, -0.2) is 26.4 Å². The van der Waals surface area contributed by atoms with Crippen LogP contribution in [-0.2, 0) is 9.84 Å². The second-order valence-electron chi connectivity index (χ2n) is 3.35. The number of carbonyl (C=O) groups is 2. The fourth-order valence-electron chi connectivity index (χ4n) is 1.23. The van der Waals surface area contributed by atoms with Gasteiger partial charge in [0.05, 0.1) is 10.6 Å². The van der Waals surface area contributed by atoms with E-state index in [0.717, 1.165) is 12.1 Å². The molecule has 2 amide bonds. The van der Waals surface area contributed by atoms with Gasteiger partial charge >= 0.3 is 12.2 Å². The lowest BCUT2D eigenvalue weighted by molar-refractivity contribution is 0.200. The Kier molecular flexibility index (Phi) is 4.33. The maximum atomic E-state index is 11.7. The SMILES string of the molecule is CCS(=O)(=O)c1ccc(OC(N)=O)c(OC(N)=O)c1. The summed E-state index contributed by atoms with van der Waals surface area (Å²) in [5.74, 6) is -0.652. The number of nitrogens with two attached hydrogens (primary N) is 2. The Balaban J connectivity index is 3.30. The number of hydrogen-bond acceptors (Lipinski definition) is 6. The lowest BCUT2D eigenvalue weighted by Crippen LogP contribution is -2.20. The summed E-state index contributed by atoms with van der Waals surface area (Å²) in [7, 11) is -3.51. The highest BCUT2D eigenvalue weighted by molar-refractivity contribution is 7.91. The Morgan fingerprint density at radius 2 is 1.63 bits per heavy atom. The number of rotatable bonds is 4. The monoisotopic (exact) mass is 288 g/mol. The molecule has 4 N–H and O–H groups in total. The molecule has 0 aliphatic rings. The molecule has 0 saturated carbocycles. The van der Waals surface area contributed by atoms with Crippen LogP contribution in [0.25, 0.3) is 0 Å². The van der Waals surface area contributed by atoms with Gasteiger partial charge in [-0.2, -0.15) is 0 Å². The minimum Gasteiger partial charge on any atom is -0.406 e. The molecule has 0 heterocycles. The molecule has 0 bridgehead atoms. The maximum absolute atomic E-state index is 11.7. The third-order valence-corrected chi connectivity index (χ3v) is 3.81. The van der Waals surface area contributed by atoms with Crippen LogP contribution in [0.15, 0.2) is 23.1 Å². The fraction of sp³-hybridized carbons (Fsp3) is 0.200. The summed E-state index contributed by atoms with van der Waals surface area (Å²) < 4.78 is 32.5. The van der Waals surface area contributed by atoms with Crippen molar-refractivity contribution >= 4 is 22.0 Å². The first kappa shape index (κ1) is 14.8. The summed E-state index contributed by atoms with van der Waals surface area (Å²) in [5, 5.41) is 0. The van der Waals surface area contributed by atoms with Gasteiger partial charge in [0.2, 0.25) is 0 Å². The summed E-state index contributed by atoms with van der Waals surface area (Å²) in [6.07, 6.45) is -2.32. The average Bonchev–Trinajstić information content (AvgIpc) is 2.30. The highest BCUT2D eigenvalue weighted by atomic mass is 32.2. The zero-order valence-electron chi connectivity index (χ0n) is 9.95. The van der Waals surface area contributed by atoms with Crippen LogP contribution in [0.4, 0.5) is 9.59 Å². The summed E-state index contributed by atoms with van der Waals surface area (Å²) in [6, 6.07) is 3.37. The van der Waals surface area contributed by atoms with Crippen LogP contribution in [0, 0.1) is 0 Å². The first-order valence-electron chi connectivity index (χ1n) is 5.07. The van der Waals surface area contributed by atoms with Gasteiger partial charge in [-0.25, -0.2) is 18.0 Å². The van der Waals surface area contributed by atoms with Crippen molar-refractivity contribution in [2.24, 2.45) is 11.5 Å². The van der Waals surface area contributed by atoms with E-state index in [1.807, 2.05) is 0 Å². The van der Waals surface area contributed by atoms with E-state index in [-0.39, 0.29) is 22.1 Å². The third-order valence-electron chi connectivity index (χ3n) is 2.08. The number of amides is 2. The summed E-state index contributed by atoms with van der Waals surface area (Å²) in [4.78, 5) is 21.3. The number of primary amides is 2. The van der Waals surface area contributed by atoms with Crippen molar-refractivity contribution in [1.82, 2.24) is 0 Å². The minimum atomic E-state index is -3.51. The van der Waals surface area contributed by atoms with Crippen LogP contribution in [0.3, 0.4) is 0 Å². The highest BCUT2D eigenvalue weighted by Crippen LogP contribution is 2.30. The molecule has 19 heavy (non-hydrogen) atoms. The number of benzene rings is 1. The van der Waals surface area contributed by atoms with E-state index in [1.54, 1.807) is 0 Å². The van der Waals surface area contributed by atoms with Gasteiger partial charge < -0.3 is 20.9 Å². The zero-order valence-corrected chi connectivity index (χ0v) is 10.8. The molecule has 8 nitrogen and oxygen atoms in total. The molecule has 0 aromatic heterocycles. The summed E-state index contributed by atoms with van der Waals surface area (Å²) in [5.41, 5.74) is 9.66. The molecule has 0 fully saturated rings. The van der Waals surface area contributed by atoms with Crippen LogP contribution >= 0.6 is 0 Å². The van der Waals surface area contributed by atoms with E-state index < -0.39 is 22.0 Å². The molecule has 104 valence electrons. The molecule has 0 aliphatic heterocycles. The van der Waals surface area contributed by atoms with E-state index >= 15 is 0 Å². The molecule has 1 rings (SSSR count). The molecule has 0 saturated heterocycles. The van der Waals surface area contributed by atoms with Gasteiger partial charge in [0.1, 0.15) is 0 Å². The predicted molar refractivity (Wildman–Crippen MR) is 64.6 cm³/mol. The van der Waals surface area contributed by atoms with Crippen molar-refractivity contribution in [2.75, 3.05) is 5.75 Å². The van der Waals surface area contributed by atoms with Gasteiger partial charge in [-0.1, -0.05) is 6.92 Å². The Labute approximate surface area is 109 Å². The lowest BCUT2D eigenvalue weighted by atomic mass is 10.3. The Morgan fingerprint density at radius 3 is 2.11 bits per heavy atom. The van der Waals surface area contributed by atoms with Crippen molar-refractivity contribution in [3.63, 3.8) is 0 Å². The van der Waals surface area contributed by atoms with Crippen molar-refractivity contribution in [3.05, 3.63) is 18.2 Å². The molecule has 0 atom stereocenters. The van der Waals surface area contributed by atoms with Gasteiger partial charge in [-0.05, 0) is 12.1 Å². The zero-order chi connectivity index (χ0) is 14.6. The minimum absolute atomic E-state index is 0.0944. The Hall–Kier alpha value is -2.29. The quantitative estimate of drug-likeness (QED) is 0.821. The third kappa shape index (κ3) is 3.85. The predicted octanol–water partition coefficient (Wildman–Crippen LogP) is 0.395. The normalized spacial score (nSPS) is 10.8. The van der Waals surface area contributed by atoms with Gasteiger partial charge in [0.25, 0.3) is 0 Å². The molecule has 1 aromatic carbocycles. The highest BCUT2D eigenvalue weighted by Gasteiger charge is 2.17. The van der Waals surface area contributed by atoms with Gasteiger partial charge in [-0.3, -0.25) is 0 Å². The van der Waals surface area contributed by atoms with Gasteiger partial charge in [0.15, 0.2) is 21.3 Å². The fourth-order valence-corrected chi connectivity index (χ4v) is 2.12. The van der Waals surface area contributed by atoms with Crippen LogP contribution in [0.5, 0.6) is 11.5 Å². The number of hydrogen-bond donors (Lipinski definition) is 2. The molecule has 0 aliphatic carbocycles. The molecule has 0 unspecified atom stereocenters. The second kappa shape index (κ2) is 5.57. The van der Waals surface area contributed by atoms with Crippen LogP contribution < -0.4 is 20.9 Å². The van der Waals surface area contributed by atoms with E-state index in [2.05, 4.69) is 9.47 Å². The van der Waals surface area contributed by atoms with Crippen LogP contribution in [0.2, 0.25) is 0 Å². The molecule has 1 aromatic rings.